The van der Waals surface area contributed by atoms with Crippen LogP contribution in [0.4, 0.5) is 5.69 Å². The maximum absolute atomic E-state index is 13.6. The number of carbonyl (C=O) groups excluding carboxylic acids is 2. The summed E-state index contributed by atoms with van der Waals surface area (Å²) in [6.45, 7) is 0.456. The molecule has 2 heterocycles. The molecule has 2 N–H and O–H groups in total. The van der Waals surface area contributed by atoms with Crippen LogP contribution in [0.25, 0.3) is 0 Å². The van der Waals surface area contributed by atoms with E-state index in [0.717, 1.165) is 37.1 Å². The maximum Gasteiger partial charge on any atom is 0.231 e. The summed E-state index contributed by atoms with van der Waals surface area (Å²) >= 11 is 6.07. The molecule has 10 nitrogen and oxygen atoms in total. The zero-order valence-electron chi connectivity index (χ0n) is 22.4. The van der Waals surface area contributed by atoms with Gasteiger partial charge in [-0.05, 0) is 30.5 Å². The minimum Gasteiger partial charge on any atom is -0.493 e. The molecule has 0 spiro atoms. The lowest BCUT2D eigenvalue weighted by Gasteiger charge is -2.50. The fourth-order valence-corrected chi connectivity index (χ4v) is 5.92. The highest BCUT2D eigenvalue weighted by atomic mass is 35.5. The Morgan fingerprint density at radius 1 is 1.08 bits per heavy atom. The van der Waals surface area contributed by atoms with Crippen molar-refractivity contribution in [1.82, 2.24) is 15.2 Å². The number of nitrogens with zero attached hydrogens (tertiary/aromatic N) is 3. The largest absolute Gasteiger partial charge is 0.493 e. The van der Waals surface area contributed by atoms with Crippen molar-refractivity contribution < 1.29 is 23.8 Å². The minimum absolute atomic E-state index is 0.0737. The lowest BCUT2D eigenvalue weighted by atomic mass is 9.80. The normalized spacial score (nSPS) is 21.9. The van der Waals surface area contributed by atoms with Crippen LogP contribution in [0.1, 0.15) is 44.1 Å². The molecule has 1 saturated heterocycles. The molecule has 2 aromatic rings. The monoisotopic (exact) mass is 555 g/mol. The highest BCUT2D eigenvalue weighted by molar-refractivity contribution is 6.30. The second-order valence-electron chi connectivity index (χ2n) is 9.95. The molecule has 3 atom stereocenters. The van der Waals surface area contributed by atoms with Gasteiger partial charge in [0.05, 0.1) is 27.2 Å². The molecule has 3 unspecified atom stereocenters. The van der Waals surface area contributed by atoms with Gasteiger partial charge in [0, 0.05) is 48.3 Å². The van der Waals surface area contributed by atoms with Gasteiger partial charge >= 0.3 is 0 Å². The summed E-state index contributed by atoms with van der Waals surface area (Å²) in [5, 5.41) is 8.19. The minimum atomic E-state index is -0.374. The molecular weight excluding hydrogens is 522 g/mol. The van der Waals surface area contributed by atoms with Crippen LogP contribution in [-0.2, 0) is 16.1 Å². The van der Waals surface area contributed by atoms with Gasteiger partial charge in [-0.2, -0.15) is 5.10 Å². The quantitative estimate of drug-likeness (QED) is 0.478. The van der Waals surface area contributed by atoms with E-state index in [0.29, 0.717) is 40.9 Å². The summed E-state index contributed by atoms with van der Waals surface area (Å²) in [5.74, 6) is 2.08. The van der Waals surface area contributed by atoms with E-state index in [1.54, 1.807) is 12.1 Å². The highest BCUT2D eigenvalue weighted by Crippen LogP contribution is 2.40. The number of benzene rings is 2. The topological polar surface area (TPSA) is 105 Å². The van der Waals surface area contributed by atoms with E-state index in [1.807, 2.05) is 29.2 Å². The molecule has 0 aromatic heterocycles. The van der Waals surface area contributed by atoms with Crippen LogP contribution in [-0.4, -0.2) is 61.1 Å². The third-order valence-corrected chi connectivity index (χ3v) is 7.90. The predicted molar refractivity (Wildman–Crippen MR) is 148 cm³/mol. The van der Waals surface area contributed by atoms with Crippen molar-refractivity contribution in [3.8, 4) is 17.2 Å². The summed E-state index contributed by atoms with van der Waals surface area (Å²) < 4.78 is 16.1. The van der Waals surface area contributed by atoms with E-state index < -0.39 is 0 Å². The molecule has 39 heavy (non-hydrogen) atoms. The molecule has 2 fully saturated rings. The van der Waals surface area contributed by atoms with Crippen LogP contribution in [0.5, 0.6) is 17.2 Å². The Balaban J connectivity index is 1.29. The Kier molecular flexibility index (Phi) is 8.02. The number of amides is 2. The van der Waals surface area contributed by atoms with Crippen molar-refractivity contribution in [2.75, 3.05) is 26.6 Å². The molecule has 0 radical (unpaired) electrons. The molecule has 3 aliphatic rings. The highest BCUT2D eigenvalue weighted by Gasteiger charge is 2.50. The Morgan fingerprint density at radius 3 is 2.44 bits per heavy atom. The number of carbonyl (C=O) groups is 2. The summed E-state index contributed by atoms with van der Waals surface area (Å²) in [6.07, 6.45) is 4.19. The second-order valence-corrected chi connectivity index (χ2v) is 10.4. The lowest BCUT2D eigenvalue weighted by Crippen LogP contribution is -2.67. The maximum atomic E-state index is 13.6. The fourth-order valence-electron chi connectivity index (χ4n) is 5.79. The van der Waals surface area contributed by atoms with Crippen molar-refractivity contribution >= 4 is 34.9 Å². The van der Waals surface area contributed by atoms with Gasteiger partial charge < -0.3 is 24.4 Å². The molecule has 0 bridgehead atoms. The molecule has 2 amide bonds. The molecule has 5 rings (SSSR count). The number of hydrazone groups is 1. The number of fused-ring (bicyclic) bond motifs is 3. The molecule has 1 aliphatic carbocycles. The molecular formula is C28H34ClN5O5. The first-order valence-corrected chi connectivity index (χ1v) is 13.6. The van der Waals surface area contributed by atoms with E-state index in [2.05, 4.69) is 20.7 Å². The van der Waals surface area contributed by atoms with Gasteiger partial charge in [-0.25, -0.2) is 0 Å². The number of hydrogen-bond acceptors (Lipinski definition) is 8. The van der Waals surface area contributed by atoms with Crippen LogP contribution in [0, 0.1) is 5.92 Å². The van der Waals surface area contributed by atoms with E-state index in [-0.39, 0.29) is 36.5 Å². The first-order valence-electron chi connectivity index (χ1n) is 13.2. The number of hydrogen-bond donors (Lipinski definition) is 2. The Bertz CT molecular complexity index is 1230. The first-order chi connectivity index (χ1) is 18.9. The summed E-state index contributed by atoms with van der Waals surface area (Å²) in [5.41, 5.74) is 4.73. The third-order valence-electron chi connectivity index (χ3n) is 7.64. The predicted octanol–water partition coefficient (Wildman–Crippen LogP) is 4.19. The van der Waals surface area contributed by atoms with Crippen LogP contribution in [0.2, 0.25) is 5.02 Å². The number of halogens is 1. The van der Waals surface area contributed by atoms with E-state index >= 15 is 0 Å². The summed E-state index contributed by atoms with van der Waals surface area (Å²) in [6, 6.07) is 11.0. The number of methoxy groups -OCH3 is 3. The Hall–Kier alpha value is -3.66. The van der Waals surface area contributed by atoms with E-state index in [4.69, 9.17) is 25.8 Å². The van der Waals surface area contributed by atoms with Crippen LogP contribution in [0.15, 0.2) is 41.5 Å². The van der Waals surface area contributed by atoms with Crippen LogP contribution < -0.4 is 25.0 Å². The lowest BCUT2D eigenvalue weighted by molar-refractivity contribution is -0.156. The smallest absolute Gasteiger partial charge is 0.231 e. The van der Waals surface area contributed by atoms with Gasteiger partial charge in [0.25, 0.3) is 0 Å². The van der Waals surface area contributed by atoms with Crippen molar-refractivity contribution in [2.24, 2.45) is 11.0 Å². The average molecular weight is 556 g/mol. The van der Waals surface area contributed by atoms with E-state index in [1.165, 1.54) is 21.3 Å². The van der Waals surface area contributed by atoms with Gasteiger partial charge in [0.2, 0.25) is 17.6 Å². The number of ether oxygens (including phenoxy) is 3. The third kappa shape index (κ3) is 5.43. The van der Waals surface area contributed by atoms with Crippen LogP contribution >= 0.6 is 11.6 Å². The molecule has 11 heteroatoms. The van der Waals surface area contributed by atoms with Crippen molar-refractivity contribution in [2.45, 2.75) is 57.4 Å². The number of nitrogens with one attached hydrogen (secondary N) is 2. The molecule has 208 valence electrons. The number of rotatable bonds is 9. The number of anilines is 1. The van der Waals surface area contributed by atoms with Gasteiger partial charge in [0.1, 0.15) is 5.84 Å². The fraction of sp³-hybridized carbons (Fsp3) is 0.464. The van der Waals surface area contributed by atoms with Crippen molar-refractivity contribution in [3.05, 3.63) is 47.0 Å². The zero-order chi connectivity index (χ0) is 27.5. The van der Waals surface area contributed by atoms with E-state index in [9.17, 15) is 9.59 Å². The van der Waals surface area contributed by atoms with Gasteiger partial charge in [-0.1, -0.05) is 36.6 Å². The second kappa shape index (κ2) is 11.6. The van der Waals surface area contributed by atoms with Gasteiger partial charge in [-0.3, -0.25) is 19.9 Å². The van der Waals surface area contributed by atoms with Crippen molar-refractivity contribution in [1.29, 1.82) is 0 Å². The molecule has 2 aromatic carbocycles. The summed E-state index contributed by atoms with van der Waals surface area (Å²) in [7, 11) is 4.59. The summed E-state index contributed by atoms with van der Waals surface area (Å²) in [4.78, 5) is 30.6. The standard InChI is InChI=1S/C28H34ClN5O5/c1-37-22-14-19(15-23(38-2)26(22)39-3)30-25(35)13-12-24-31-32-28-33(16-17-8-10-18(29)11-9-17)27(36)20-6-4-5-7-21(20)34(24)28/h8-11,14-15,20-21,28,32H,4-7,12-13,16H2,1-3H3,(H,30,35). The first kappa shape index (κ1) is 26.9. The average Bonchev–Trinajstić information content (AvgIpc) is 3.38. The van der Waals surface area contributed by atoms with Gasteiger partial charge in [0.15, 0.2) is 17.8 Å². The van der Waals surface area contributed by atoms with Crippen LogP contribution in [0.3, 0.4) is 0 Å². The van der Waals surface area contributed by atoms with Crippen molar-refractivity contribution in [3.63, 3.8) is 0 Å². The Morgan fingerprint density at radius 2 is 1.77 bits per heavy atom. The molecule has 2 aliphatic heterocycles. The SMILES string of the molecule is COc1cc(NC(=O)CCC2=NNC3N(Cc4ccc(Cl)cc4)C(=O)C4CCCCC4N23)cc(OC)c1OC. The zero-order valence-corrected chi connectivity index (χ0v) is 23.2. The Labute approximate surface area is 233 Å². The van der Waals surface area contributed by atoms with Gasteiger partial charge in [-0.15, -0.1) is 0 Å². The molecule has 1 saturated carbocycles. The number of amidine groups is 1.